The van der Waals surface area contributed by atoms with Crippen LogP contribution in [-0.2, 0) is 10.0 Å². The molecule has 1 heterocycles. The van der Waals surface area contributed by atoms with Crippen molar-refractivity contribution in [3.63, 3.8) is 0 Å². The molecule has 5 nitrogen and oxygen atoms in total. The van der Waals surface area contributed by atoms with Gasteiger partial charge < -0.3 is 0 Å². The number of hydrogen-bond donors (Lipinski definition) is 0. The minimum atomic E-state index is -3.78. The number of nitrogens with zero attached hydrogens (tertiary/aromatic N) is 3. The highest BCUT2D eigenvalue weighted by Gasteiger charge is 2.19. The van der Waals surface area contributed by atoms with Crippen molar-refractivity contribution in [1.29, 1.82) is 0 Å². The van der Waals surface area contributed by atoms with Crippen LogP contribution in [0, 0.1) is 0 Å². The molecule has 0 aliphatic heterocycles. The zero-order valence-electron chi connectivity index (χ0n) is 13.7. The zero-order valence-corrected chi connectivity index (χ0v) is 14.5. The first-order chi connectivity index (χ1) is 12.6. The first-order valence-electron chi connectivity index (χ1n) is 8.03. The predicted molar refractivity (Wildman–Crippen MR) is 99.9 cm³/mol. The average molecular weight is 361 g/mol. The molecular formula is C20H15N3O2S. The summed E-state index contributed by atoms with van der Waals surface area (Å²) in [5, 5.41) is 4.13. The summed E-state index contributed by atoms with van der Waals surface area (Å²) in [7, 11) is -3.78. The van der Waals surface area contributed by atoms with Gasteiger partial charge in [0.05, 0.1) is 4.90 Å². The summed E-state index contributed by atoms with van der Waals surface area (Å²) >= 11 is 0. The molecule has 0 radical (unpaired) electrons. The Kier molecular flexibility index (Phi) is 4.10. The van der Waals surface area contributed by atoms with Crippen LogP contribution in [0.15, 0.2) is 96.2 Å². The van der Waals surface area contributed by atoms with E-state index in [1.54, 1.807) is 24.3 Å². The van der Waals surface area contributed by atoms with E-state index in [0.717, 1.165) is 20.8 Å². The maximum Gasteiger partial charge on any atom is 0.284 e. The number of aromatic nitrogens is 3. The van der Waals surface area contributed by atoms with Crippen molar-refractivity contribution in [2.75, 3.05) is 0 Å². The molecule has 0 atom stereocenters. The van der Waals surface area contributed by atoms with Crippen molar-refractivity contribution in [2.24, 2.45) is 0 Å². The van der Waals surface area contributed by atoms with Crippen LogP contribution >= 0.6 is 0 Å². The molecule has 0 aliphatic rings. The number of benzene rings is 3. The molecular weight excluding hydrogens is 346 g/mol. The molecule has 0 amide bonds. The predicted octanol–water partition coefficient (Wildman–Crippen LogP) is 3.85. The van der Waals surface area contributed by atoms with Crippen molar-refractivity contribution >= 4 is 10.0 Å². The van der Waals surface area contributed by atoms with E-state index in [4.69, 9.17) is 0 Å². The molecule has 0 fully saturated rings. The van der Waals surface area contributed by atoms with Crippen molar-refractivity contribution < 1.29 is 8.42 Å². The van der Waals surface area contributed by atoms with Gasteiger partial charge in [0, 0.05) is 5.56 Å². The molecule has 4 aromatic rings. The number of hydrogen-bond acceptors (Lipinski definition) is 4. The van der Waals surface area contributed by atoms with Crippen LogP contribution in [0.3, 0.4) is 0 Å². The van der Waals surface area contributed by atoms with Gasteiger partial charge in [-0.2, -0.15) is 8.42 Å². The summed E-state index contributed by atoms with van der Waals surface area (Å²) < 4.78 is 26.5. The maximum absolute atomic E-state index is 12.8. The highest BCUT2D eigenvalue weighted by molar-refractivity contribution is 7.89. The molecule has 3 aromatic carbocycles. The fraction of sp³-hybridized carbons (Fsp3) is 0. The van der Waals surface area contributed by atoms with Crippen LogP contribution < -0.4 is 0 Å². The van der Waals surface area contributed by atoms with Gasteiger partial charge in [0.2, 0.25) is 0 Å². The van der Waals surface area contributed by atoms with Gasteiger partial charge in [-0.1, -0.05) is 72.8 Å². The summed E-state index contributed by atoms with van der Waals surface area (Å²) in [5.74, 6) is 0.370. The van der Waals surface area contributed by atoms with Gasteiger partial charge in [0.15, 0.2) is 5.82 Å². The van der Waals surface area contributed by atoms with Gasteiger partial charge in [-0.25, -0.2) is 4.98 Å². The first-order valence-corrected chi connectivity index (χ1v) is 9.47. The molecule has 0 aliphatic carbocycles. The van der Waals surface area contributed by atoms with Crippen LogP contribution in [0.1, 0.15) is 0 Å². The molecule has 0 bridgehead atoms. The molecule has 128 valence electrons. The van der Waals surface area contributed by atoms with E-state index in [0.29, 0.717) is 5.82 Å². The molecule has 0 saturated carbocycles. The zero-order chi connectivity index (χ0) is 18.0. The molecule has 6 heteroatoms. The highest BCUT2D eigenvalue weighted by atomic mass is 32.2. The van der Waals surface area contributed by atoms with Crippen molar-refractivity contribution in [3.05, 3.63) is 91.3 Å². The van der Waals surface area contributed by atoms with Gasteiger partial charge >= 0.3 is 0 Å². The van der Waals surface area contributed by atoms with Crippen molar-refractivity contribution in [3.8, 4) is 22.5 Å². The third-order valence-electron chi connectivity index (χ3n) is 4.01. The topological polar surface area (TPSA) is 64.8 Å². The molecule has 26 heavy (non-hydrogen) atoms. The lowest BCUT2D eigenvalue weighted by Gasteiger charge is -2.06. The summed E-state index contributed by atoms with van der Waals surface area (Å²) in [5.41, 5.74) is 2.75. The van der Waals surface area contributed by atoms with Crippen LogP contribution in [0.25, 0.3) is 22.5 Å². The number of rotatable bonds is 4. The maximum atomic E-state index is 12.8. The molecule has 0 N–H and O–H groups in total. The van der Waals surface area contributed by atoms with E-state index in [1.807, 2.05) is 60.7 Å². The molecule has 0 unspecified atom stereocenters. The highest BCUT2D eigenvalue weighted by Crippen LogP contribution is 2.22. The van der Waals surface area contributed by atoms with E-state index in [-0.39, 0.29) is 4.90 Å². The molecule has 0 spiro atoms. The second-order valence-corrected chi connectivity index (χ2v) is 7.50. The molecule has 0 saturated heterocycles. The van der Waals surface area contributed by atoms with Gasteiger partial charge in [0.25, 0.3) is 10.0 Å². The third-order valence-corrected chi connectivity index (χ3v) is 5.55. The minimum absolute atomic E-state index is 0.168. The molecule has 4 rings (SSSR count). The summed E-state index contributed by atoms with van der Waals surface area (Å²) in [6.07, 6.45) is 1.22. The van der Waals surface area contributed by atoms with Crippen LogP contribution in [0.4, 0.5) is 0 Å². The average Bonchev–Trinajstić information content (AvgIpc) is 3.21. The smallest absolute Gasteiger partial charge is 0.214 e. The third kappa shape index (κ3) is 3.02. The van der Waals surface area contributed by atoms with Gasteiger partial charge in [-0.05, 0) is 23.3 Å². The Hall–Kier alpha value is -3.25. The van der Waals surface area contributed by atoms with E-state index in [2.05, 4.69) is 10.1 Å². The second kappa shape index (κ2) is 6.57. The summed E-state index contributed by atoms with van der Waals surface area (Å²) in [6.45, 7) is 0. The Morgan fingerprint density at radius 1 is 0.654 bits per heavy atom. The lowest BCUT2D eigenvalue weighted by Crippen LogP contribution is -2.13. The second-order valence-electron chi connectivity index (χ2n) is 5.70. The van der Waals surface area contributed by atoms with E-state index in [9.17, 15) is 8.42 Å². The standard InChI is InChI=1S/C20H15N3O2S/c24-26(25,23-15-21-20(22-23)18-9-5-2-6-10-18)19-13-11-17(12-14-19)16-7-3-1-4-8-16/h1-15H. The quantitative estimate of drug-likeness (QED) is 0.554. The first kappa shape index (κ1) is 16.2. The van der Waals surface area contributed by atoms with E-state index >= 15 is 0 Å². The van der Waals surface area contributed by atoms with Crippen molar-refractivity contribution in [1.82, 2.24) is 14.2 Å². The Morgan fingerprint density at radius 2 is 1.19 bits per heavy atom. The molecule has 1 aromatic heterocycles. The normalized spacial score (nSPS) is 11.4. The fourth-order valence-electron chi connectivity index (χ4n) is 2.64. The van der Waals surface area contributed by atoms with E-state index < -0.39 is 10.0 Å². The summed E-state index contributed by atoms with van der Waals surface area (Å²) in [6, 6.07) is 25.8. The monoisotopic (exact) mass is 361 g/mol. The SMILES string of the molecule is O=S(=O)(c1ccc(-c2ccccc2)cc1)n1cnc(-c2ccccc2)n1. The fourth-order valence-corrected chi connectivity index (χ4v) is 3.69. The van der Waals surface area contributed by atoms with Crippen LogP contribution in [0.5, 0.6) is 0 Å². The minimum Gasteiger partial charge on any atom is -0.214 e. The summed E-state index contributed by atoms with van der Waals surface area (Å²) in [4.78, 5) is 4.28. The lowest BCUT2D eigenvalue weighted by molar-refractivity contribution is 0.580. The van der Waals surface area contributed by atoms with Gasteiger partial charge in [-0.3, -0.25) is 0 Å². The Labute approximate surface area is 151 Å². The largest absolute Gasteiger partial charge is 0.284 e. The Morgan fingerprint density at radius 3 is 1.81 bits per heavy atom. The van der Waals surface area contributed by atoms with Crippen LogP contribution in [-0.4, -0.2) is 22.6 Å². The van der Waals surface area contributed by atoms with E-state index in [1.165, 1.54) is 6.33 Å². The van der Waals surface area contributed by atoms with Crippen molar-refractivity contribution in [2.45, 2.75) is 4.90 Å². The lowest BCUT2D eigenvalue weighted by atomic mass is 10.1. The Bertz CT molecular complexity index is 1120. The van der Waals surface area contributed by atoms with Crippen LogP contribution in [0.2, 0.25) is 0 Å². The van der Waals surface area contributed by atoms with Gasteiger partial charge in [-0.15, -0.1) is 9.19 Å². The van der Waals surface area contributed by atoms with Gasteiger partial charge in [0.1, 0.15) is 6.33 Å². The Balaban J connectivity index is 1.66.